The predicted molar refractivity (Wildman–Crippen MR) is 131 cm³/mol. The van der Waals surface area contributed by atoms with Crippen molar-refractivity contribution in [2.24, 2.45) is 0 Å². The lowest BCUT2D eigenvalue weighted by Gasteiger charge is -2.29. The minimum Gasteiger partial charge on any atom is -0.497 e. The van der Waals surface area contributed by atoms with Gasteiger partial charge in [-0.15, -0.1) is 0 Å². The van der Waals surface area contributed by atoms with E-state index in [1.807, 2.05) is 18.2 Å². The Labute approximate surface area is 205 Å². The van der Waals surface area contributed by atoms with Gasteiger partial charge in [-0.1, -0.05) is 12.1 Å². The second kappa shape index (κ2) is 11.3. The van der Waals surface area contributed by atoms with Crippen LogP contribution >= 0.6 is 0 Å². The molecule has 11 heteroatoms. The van der Waals surface area contributed by atoms with Crippen molar-refractivity contribution >= 4 is 27.5 Å². The highest BCUT2D eigenvalue weighted by Crippen LogP contribution is 2.36. The van der Waals surface area contributed by atoms with Gasteiger partial charge in [-0.05, 0) is 43.2 Å². The normalized spacial score (nSPS) is 13.1. The number of likely N-dealkylation sites (N-methyl/N-ethyl adjacent to an activating group) is 1. The lowest BCUT2D eigenvalue weighted by atomic mass is 10.1. The number of carbonyl (C=O) groups excluding carboxylic acids is 2. The fraction of sp³-hybridized carbons (Fsp3) is 0.417. The van der Waals surface area contributed by atoms with Crippen molar-refractivity contribution in [2.45, 2.75) is 32.4 Å². The molecule has 35 heavy (non-hydrogen) atoms. The molecule has 1 aliphatic rings. The van der Waals surface area contributed by atoms with E-state index in [0.717, 1.165) is 11.8 Å². The van der Waals surface area contributed by atoms with Gasteiger partial charge in [0, 0.05) is 32.6 Å². The summed E-state index contributed by atoms with van der Waals surface area (Å²) in [6, 6.07) is 11.5. The van der Waals surface area contributed by atoms with Crippen molar-refractivity contribution in [1.82, 2.24) is 10.2 Å². The van der Waals surface area contributed by atoms with Crippen LogP contribution in [0.4, 0.5) is 5.69 Å². The second-order valence-corrected chi connectivity index (χ2v) is 10.0. The number of hydrogen-bond acceptors (Lipinski definition) is 7. The number of rotatable bonds is 11. The molecule has 0 aromatic heterocycles. The molecule has 1 aliphatic heterocycles. The highest BCUT2D eigenvalue weighted by atomic mass is 32.2. The van der Waals surface area contributed by atoms with Crippen LogP contribution in [0.15, 0.2) is 42.5 Å². The largest absolute Gasteiger partial charge is 0.497 e. The maximum atomic E-state index is 13.2. The van der Waals surface area contributed by atoms with E-state index in [2.05, 4.69) is 5.32 Å². The highest BCUT2D eigenvalue weighted by molar-refractivity contribution is 7.92. The van der Waals surface area contributed by atoms with Crippen LogP contribution in [0, 0.1) is 0 Å². The van der Waals surface area contributed by atoms with Gasteiger partial charge in [0.25, 0.3) is 0 Å². The highest BCUT2D eigenvalue weighted by Gasteiger charge is 2.26. The molecule has 0 saturated heterocycles. The van der Waals surface area contributed by atoms with Gasteiger partial charge in [-0.25, -0.2) is 8.42 Å². The van der Waals surface area contributed by atoms with E-state index < -0.39 is 16.1 Å². The SMILES string of the molecule is CNC(=O)C(C)N(Cc1cccc(OC)c1)C(=O)CCCN(c1ccc2c(c1)OCO2)S(C)(=O)=O. The monoisotopic (exact) mass is 505 g/mol. The van der Waals surface area contributed by atoms with E-state index in [-0.39, 0.29) is 44.5 Å². The number of ether oxygens (including phenoxy) is 3. The molecule has 1 atom stereocenters. The van der Waals surface area contributed by atoms with Gasteiger partial charge in [-0.3, -0.25) is 13.9 Å². The summed E-state index contributed by atoms with van der Waals surface area (Å²) < 4.78 is 42.1. The summed E-state index contributed by atoms with van der Waals surface area (Å²) >= 11 is 0. The van der Waals surface area contributed by atoms with Gasteiger partial charge >= 0.3 is 0 Å². The topological polar surface area (TPSA) is 114 Å². The molecule has 2 aromatic carbocycles. The summed E-state index contributed by atoms with van der Waals surface area (Å²) in [5.41, 5.74) is 1.24. The molecule has 0 aliphatic carbocycles. The Kier molecular flexibility index (Phi) is 8.44. The zero-order valence-corrected chi connectivity index (χ0v) is 21.1. The third kappa shape index (κ3) is 6.56. The number of carbonyl (C=O) groups is 2. The van der Waals surface area contributed by atoms with Crippen molar-refractivity contribution in [1.29, 1.82) is 0 Å². The third-order valence-electron chi connectivity index (χ3n) is 5.70. The Balaban J connectivity index is 1.72. The number of fused-ring (bicyclic) bond motifs is 1. The fourth-order valence-electron chi connectivity index (χ4n) is 3.80. The number of nitrogens with zero attached hydrogens (tertiary/aromatic N) is 2. The minimum atomic E-state index is -3.61. The van der Waals surface area contributed by atoms with E-state index in [1.165, 1.54) is 16.3 Å². The minimum absolute atomic E-state index is 0.0574. The zero-order valence-electron chi connectivity index (χ0n) is 20.3. The molecule has 1 unspecified atom stereocenters. The van der Waals surface area contributed by atoms with Crippen LogP contribution < -0.4 is 23.8 Å². The predicted octanol–water partition coefficient (Wildman–Crippen LogP) is 2.13. The Hall–Kier alpha value is -3.47. The number of nitrogens with one attached hydrogen (secondary N) is 1. The summed E-state index contributed by atoms with van der Waals surface area (Å²) in [5.74, 6) is 1.11. The maximum Gasteiger partial charge on any atom is 0.242 e. The van der Waals surface area contributed by atoms with Gasteiger partial charge in [0.05, 0.1) is 19.1 Å². The number of methoxy groups -OCH3 is 1. The molecule has 0 spiro atoms. The molecule has 10 nitrogen and oxygen atoms in total. The van der Waals surface area contributed by atoms with Crippen LogP contribution in [-0.2, 0) is 26.2 Å². The fourth-order valence-corrected chi connectivity index (χ4v) is 4.76. The number of hydrogen-bond donors (Lipinski definition) is 1. The van der Waals surface area contributed by atoms with Crippen molar-refractivity contribution in [3.63, 3.8) is 0 Å². The first-order valence-corrected chi connectivity index (χ1v) is 13.0. The zero-order chi connectivity index (χ0) is 25.6. The van der Waals surface area contributed by atoms with Crippen LogP contribution in [0.25, 0.3) is 0 Å². The van der Waals surface area contributed by atoms with Crippen LogP contribution in [0.5, 0.6) is 17.2 Å². The molecule has 3 rings (SSSR count). The number of amides is 2. The van der Waals surface area contributed by atoms with Crippen molar-refractivity contribution in [3.8, 4) is 17.2 Å². The van der Waals surface area contributed by atoms with E-state index in [4.69, 9.17) is 14.2 Å². The van der Waals surface area contributed by atoms with Crippen molar-refractivity contribution in [3.05, 3.63) is 48.0 Å². The van der Waals surface area contributed by atoms with Crippen LogP contribution in [0.2, 0.25) is 0 Å². The smallest absolute Gasteiger partial charge is 0.242 e. The Morgan fingerprint density at radius 2 is 1.89 bits per heavy atom. The molecule has 2 amide bonds. The first-order chi connectivity index (χ1) is 16.6. The Morgan fingerprint density at radius 1 is 1.14 bits per heavy atom. The van der Waals surface area contributed by atoms with Gasteiger partial charge in [-0.2, -0.15) is 0 Å². The third-order valence-corrected chi connectivity index (χ3v) is 6.89. The standard InChI is InChI=1S/C24H31N3O7S/c1-17(24(29)25-2)26(15-18-7-5-8-20(13-18)32-3)23(28)9-6-12-27(35(4,30)31)19-10-11-21-22(14-19)34-16-33-21/h5,7-8,10-11,13-14,17H,6,9,12,15-16H2,1-4H3,(H,25,29). The summed E-state index contributed by atoms with van der Waals surface area (Å²) in [6.07, 6.45) is 1.43. The molecule has 1 heterocycles. The Bertz CT molecular complexity index is 1170. The van der Waals surface area contributed by atoms with E-state index in [1.54, 1.807) is 38.3 Å². The summed E-state index contributed by atoms with van der Waals surface area (Å²) in [4.78, 5) is 27.0. The second-order valence-electron chi connectivity index (χ2n) is 8.14. The summed E-state index contributed by atoms with van der Waals surface area (Å²) in [6.45, 7) is 2.04. The number of sulfonamides is 1. The van der Waals surface area contributed by atoms with Crippen LogP contribution in [0.3, 0.4) is 0 Å². The molecular formula is C24H31N3O7S. The lowest BCUT2D eigenvalue weighted by Crippen LogP contribution is -2.46. The Morgan fingerprint density at radius 3 is 2.57 bits per heavy atom. The quantitative estimate of drug-likeness (QED) is 0.498. The molecule has 2 aromatic rings. The van der Waals surface area contributed by atoms with Gasteiger partial charge < -0.3 is 24.4 Å². The molecule has 0 saturated carbocycles. The van der Waals surface area contributed by atoms with E-state index in [9.17, 15) is 18.0 Å². The number of anilines is 1. The molecule has 190 valence electrons. The molecule has 0 fully saturated rings. The first-order valence-electron chi connectivity index (χ1n) is 11.2. The van der Waals surface area contributed by atoms with Crippen LogP contribution in [0.1, 0.15) is 25.3 Å². The lowest BCUT2D eigenvalue weighted by molar-refractivity contribution is -0.140. The van der Waals surface area contributed by atoms with E-state index >= 15 is 0 Å². The van der Waals surface area contributed by atoms with Gasteiger partial charge in [0.2, 0.25) is 28.6 Å². The average Bonchev–Trinajstić information content (AvgIpc) is 3.31. The molecule has 0 radical (unpaired) electrons. The average molecular weight is 506 g/mol. The molecular weight excluding hydrogens is 474 g/mol. The number of benzene rings is 2. The molecule has 0 bridgehead atoms. The van der Waals surface area contributed by atoms with Gasteiger partial charge in [0.1, 0.15) is 11.8 Å². The van der Waals surface area contributed by atoms with Crippen molar-refractivity contribution in [2.75, 3.05) is 38.1 Å². The summed E-state index contributed by atoms with van der Waals surface area (Å²) in [5, 5.41) is 2.58. The summed E-state index contributed by atoms with van der Waals surface area (Å²) in [7, 11) is -0.535. The van der Waals surface area contributed by atoms with E-state index in [0.29, 0.717) is 22.9 Å². The van der Waals surface area contributed by atoms with Crippen LogP contribution in [-0.4, -0.2) is 64.9 Å². The maximum absolute atomic E-state index is 13.2. The van der Waals surface area contributed by atoms with Crippen molar-refractivity contribution < 1.29 is 32.2 Å². The first kappa shape index (κ1) is 26.1. The molecule has 1 N–H and O–H groups in total. The van der Waals surface area contributed by atoms with Gasteiger partial charge in [0.15, 0.2) is 11.5 Å².